The zero-order valence-corrected chi connectivity index (χ0v) is 16.1. The molecule has 0 fully saturated rings. The Morgan fingerprint density at radius 1 is 1.11 bits per heavy atom. The lowest BCUT2D eigenvalue weighted by molar-refractivity contribution is 0.0713. The van der Waals surface area contributed by atoms with Crippen LogP contribution in [-0.2, 0) is 13.0 Å². The molecule has 1 heterocycles. The van der Waals surface area contributed by atoms with Gasteiger partial charge in [-0.25, -0.2) is 0 Å². The maximum Gasteiger partial charge on any atom is 0.253 e. The van der Waals surface area contributed by atoms with Crippen LogP contribution in [0.25, 0.3) is 10.8 Å². The van der Waals surface area contributed by atoms with Gasteiger partial charge in [0, 0.05) is 36.9 Å². The molecule has 0 spiro atoms. The van der Waals surface area contributed by atoms with Crippen LogP contribution in [0.15, 0.2) is 60.9 Å². The third-order valence-corrected chi connectivity index (χ3v) is 4.75. The number of benzene rings is 2. The molecule has 0 saturated heterocycles. The smallest absolute Gasteiger partial charge is 0.253 e. The van der Waals surface area contributed by atoms with Gasteiger partial charge in [-0.1, -0.05) is 30.3 Å². The average Bonchev–Trinajstić information content (AvgIpc) is 2.66. The number of carbonyl (C=O) groups excluding carboxylic acids is 1. The number of hydrogen-bond acceptors (Lipinski definition) is 3. The summed E-state index contributed by atoms with van der Waals surface area (Å²) < 4.78 is 0. The zero-order chi connectivity index (χ0) is 19.4. The van der Waals surface area contributed by atoms with Crippen LogP contribution in [0.4, 0.5) is 0 Å². The third-order valence-electron chi connectivity index (χ3n) is 4.75. The second kappa shape index (κ2) is 7.89. The number of aryl methyl sites for hydroxylation is 1. The monoisotopic (exact) mass is 362 g/mol. The Hall–Kier alpha value is -2.72. The minimum Gasteiger partial charge on any atom is -0.390 e. The van der Waals surface area contributed by atoms with E-state index in [1.165, 1.54) is 0 Å². The Morgan fingerprint density at radius 2 is 1.85 bits per heavy atom. The minimum atomic E-state index is -0.678. The van der Waals surface area contributed by atoms with E-state index < -0.39 is 5.60 Å². The first-order valence-corrected chi connectivity index (χ1v) is 9.22. The number of nitrogens with zero attached hydrogens (tertiary/aromatic N) is 2. The predicted octanol–water partition coefficient (Wildman–Crippen LogP) is 4.21. The van der Waals surface area contributed by atoms with Gasteiger partial charge in [0.15, 0.2) is 0 Å². The summed E-state index contributed by atoms with van der Waals surface area (Å²) in [5.41, 5.74) is 2.22. The fourth-order valence-electron chi connectivity index (χ4n) is 3.14. The fraction of sp³-hybridized carbons (Fsp3) is 0.304. The molecule has 4 heteroatoms. The molecule has 0 unspecified atom stereocenters. The van der Waals surface area contributed by atoms with Crippen molar-refractivity contribution in [2.45, 2.75) is 38.8 Å². The van der Waals surface area contributed by atoms with E-state index in [2.05, 4.69) is 4.98 Å². The van der Waals surface area contributed by atoms with Gasteiger partial charge in [-0.3, -0.25) is 9.78 Å². The second-order valence-electron chi connectivity index (χ2n) is 7.68. The lowest BCUT2D eigenvalue weighted by atomic mass is 9.98. The highest BCUT2D eigenvalue weighted by atomic mass is 16.3. The Morgan fingerprint density at radius 3 is 2.56 bits per heavy atom. The Balaban J connectivity index is 1.70. The van der Waals surface area contributed by atoms with Gasteiger partial charge < -0.3 is 10.0 Å². The summed E-state index contributed by atoms with van der Waals surface area (Å²) in [6.07, 6.45) is 5.10. The van der Waals surface area contributed by atoms with E-state index >= 15 is 0 Å². The molecule has 0 radical (unpaired) electrons. The lowest BCUT2D eigenvalue weighted by Crippen LogP contribution is -2.26. The molecule has 1 amide bonds. The Kier molecular flexibility index (Phi) is 5.57. The Labute approximate surface area is 160 Å². The summed E-state index contributed by atoms with van der Waals surface area (Å²) >= 11 is 0. The molecule has 3 aromatic rings. The molecule has 0 atom stereocenters. The van der Waals surface area contributed by atoms with Gasteiger partial charge in [-0.15, -0.1) is 0 Å². The maximum absolute atomic E-state index is 12.8. The highest BCUT2D eigenvalue weighted by Gasteiger charge is 2.15. The van der Waals surface area contributed by atoms with Crippen LogP contribution in [0, 0.1) is 0 Å². The standard InChI is InChI=1S/C23H26N2O2/c1-23(2,27)13-11-17-7-9-18(10-8-17)22(26)25(3)16-20-6-4-5-19-15-24-14-12-21(19)20/h4-10,12,14-15,27H,11,13,16H2,1-3H3. The van der Waals surface area contributed by atoms with E-state index in [1.54, 1.807) is 11.1 Å². The van der Waals surface area contributed by atoms with Crippen LogP contribution in [0.1, 0.15) is 41.8 Å². The van der Waals surface area contributed by atoms with Crippen molar-refractivity contribution in [1.82, 2.24) is 9.88 Å². The predicted molar refractivity (Wildman–Crippen MR) is 109 cm³/mol. The Bertz CT molecular complexity index is 922. The molecule has 4 nitrogen and oxygen atoms in total. The lowest BCUT2D eigenvalue weighted by Gasteiger charge is -2.19. The summed E-state index contributed by atoms with van der Waals surface area (Å²) in [4.78, 5) is 18.7. The van der Waals surface area contributed by atoms with Crippen molar-refractivity contribution >= 4 is 16.7 Å². The number of pyridine rings is 1. The van der Waals surface area contributed by atoms with Crippen molar-refractivity contribution in [2.75, 3.05) is 7.05 Å². The van der Waals surface area contributed by atoms with Gasteiger partial charge in [-0.2, -0.15) is 0 Å². The highest BCUT2D eigenvalue weighted by molar-refractivity contribution is 5.94. The van der Waals surface area contributed by atoms with Crippen molar-refractivity contribution in [3.63, 3.8) is 0 Å². The van der Waals surface area contributed by atoms with E-state index in [0.717, 1.165) is 28.3 Å². The van der Waals surface area contributed by atoms with Crippen LogP contribution in [0.5, 0.6) is 0 Å². The number of amides is 1. The number of carbonyl (C=O) groups is 1. The van der Waals surface area contributed by atoms with Crippen LogP contribution in [0.3, 0.4) is 0 Å². The first-order valence-electron chi connectivity index (χ1n) is 9.22. The van der Waals surface area contributed by atoms with E-state index in [1.807, 2.05) is 75.6 Å². The normalized spacial score (nSPS) is 11.6. The van der Waals surface area contributed by atoms with E-state index in [9.17, 15) is 9.90 Å². The summed E-state index contributed by atoms with van der Waals surface area (Å²) in [6, 6.07) is 15.7. The molecular weight excluding hydrogens is 336 g/mol. The van der Waals surface area contributed by atoms with Gasteiger partial charge in [0.05, 0.1) is 5.60 Å². The van der Waals surface area contributed by atoms with Crippen molar-refractivity contribution in [1.29, 1.82) is 0 Å². The molecule has 1 N–H and O–H groups in total. The number of fused-ring (bicyclic) bond motifs is 1. The van der Waals surface area contributed by atoms with Crippen molar-refractivity contribution in [2.24, 2.45) is 0 Å². The highest BCUT2D eigenvalue weighted by Crippen LogP contribution is 2.20. The van der Waals surface area contributed by atoms with Crippen LogP contribution in [0.2, 0.25) is 0 Å². The van der Waals surface area contributed by atoms with Crippen molar-refractivity contribution in [3.05, 3.63) is 77.6 Å². The summed E-state index contributed by atoms with van der Waals surface area (Å²) in [5.74, 6) is -0.00454. The number of aromatic nitrogens is 1. The number of aliphatic hydroxyl groups is 1. The molecule has 0 aliphatic rings. The van der Waals surface area contributed by atoms with Crippen LogP contribution < -0.4 is 0 Å². The minimum absolute atomic E-state index is 0.00454. The molecule has 140 valence electrons. The van der Waals surface area contributed by atoms with Crippen LogP contribution >= 0.6 is 0 Å². The molecular formula is C23H26N2O2. The molecule has 0 aliphatic heterocycles. The first-order chi connectivity index (χ1) is 12.8. The van der Waals surface area contributed by atoms with E-state index in [0.29, 0.717) is 18.5 Å². The number of rotatable bonds is 6. The summed E-state index contributed by atoms with van der Waals surface area (Å²) in [7, 11) is 1.82. The molecule has 0 aliphatic carbocycles. The number of hydrogen-bond donors (Lipinski definition) is 1. The van der Waals surface area contributed by atoms with E-state index in [-0.39, 0.29) is 5.91 Å². The largest absolute Gasteiger partial charge is 0.390 e. The molecule has 27 heavy (non-hydrogen) atoms. The molecule has 3 rings (SSSR count). The van der Waals surface area contributed by atoms with Gasteiger partial charge in [0.1, 0.15) is 0 Å². The van der Waals surface area contributed by atoms with Crippen LogP contribution in [-0.4, -0.2) is 33.5 Å². The van der Waals surface area contributed by atoms with Gasteiger partial charge in [0.2, 0.25) is 0 Å². The topological polar surface area (TPSA) is 53.4 Å². The maximum atomic E-state index is 12.8. The molecule has 0 bridgehead atoms. The van der Waals surface area contributed by atoms with E-state index in [4.69, 9.17) is 0 Å². The van der Waals surface area contributed by atoms with Gasteiger partial charge in [0.25, 0.3) is 5.91 Å². The van der Waals surface area contributed by atoms with Crippen molar-refractivity contribution in [3.8, 4) is 0 Å². The summed E-state index contributed by atoms with van der Waals surface area (Å²) in [6.45, 7) is 4.16. The molecule has 2 aromatic carbocycles. The SMILES string of the molecule is CN(Cc1cccc2cnccc12)C(=O)c1ccc(CCC(C)(C)O)cc1. The fourth-order valence-corrected chi connectivity index (χ4v) is 3.14. The molecule has 1 aromatic heterocycles. The average molecular weight is 362 g/mol. The second-order valence-corrected chi connectivity index (χ2v) is 7.68. The molecule has 0 saturated carbocycles. The zero-order valence-electron chi connectivity index (χ0n) is 16.1. The van der Waals surface area contributed by atoms with Gasteiger partial charge in [-0.05, 0) is 61.4 Å². The first kappa shape index (κ1) is 19.1. The summed E-state index contributed by atoms with van der Waals surface area (Å²) in [5, 5.41) is 12.0. The quantitative estimate of drug-likeness (QED) is 0.715. The van der Waals surface area contributed by atoms with Crippen molar-refractivity contribution < 1.29 is 9.90 Å². The van der Waals surface area contributed by atoms with Gasteiger partial charge >= 0.3 is 0 Å². The third kappa shape index (κ3) is 4.92.